The lowest BCUT2D eigenvalue weighted by Gasteiger charge is -2.29. The summed E-state index contributed by atoms with van der Waals surface area (Å²) in [6.07, 6.45) is -5.70. The maximum atomic E-state index is 12.8. The van der Waals surface area contributed by atoms with Crippen molar-refractivity contribution in [1.82, 2.24) is 0 Å². The summed E-state index contributed by atoms with van der Waals surface area (Å²) in [6, 6.07) is 4.59. The Bertz CT molecular complexity index is 752. The first-order chi connectivity index (χ1) is 13.4. The number of anilines is 2. The summed E-state index contributed by atoms with van der Waals surface area (Å²) in [7, 11) is 0. The van der Waals surface area contributed by atoms with Crippen LogP contribution in [0.3, 0.4) is 0 Å². The molecule has 1 amide bonds. The molecule has 162 valence electrons. The molecule has 0 spiro atoms. The number of nitrogens with one attached hydrogen (secondary N) is 2. The average molecular weight is 418 g/mol. The van der Waals surface area contributed by atoms with Crippen molar-refractivity contribution >= 4 is 23.4 Å². The monoisotopic (exact) mass is 418 g/mol. The SMILES string of the molecule is CCOC(=O)[C@H](C)C[C@H]1CNc2cc(NC(=O)OC(C)(C)C(F)(F)F)ccc2O1. The lowest BCUT2D eigenvalue weighted by Crippen LogP contribution is -2.44. The van der Waals surface area contributed by atoms with Crippen molar-refractivity contribution in [2.24, 2.45) is 5.92 Å². The van der Waals surface area contributed by atoms with Gasteiger partial charge in [0, 0.05) is 5.69 Å². The Morgan fingerprint density at radius 3 is 2.66 bits per heavy atom. The van der Waals surface area contributed by atoms with E-state index in [9.17, 15) is 22.8 Å². The van der Waals surface area contributed by atoms with E-state index < -0.39 is 17.9 Å². The van der Waals surface area contributed by atoms with Crippen LogP contribution in [0.1, 0.15) is 34.1 Å². The highest BCUT2D eigenvalue weighted by molar-refractivity contribution is 5.86. The van der Waals surface area contributed by atoms with Crippen LogP contribution in [0.25, 0.3) is 0 Å². The number of esters is 1. The first-order valence-corrected chi connectivity index (χ1v) is 9.21. The zero-order valence-electron chi connectivity index (χ0n) is 16.7. The van der Waals surface area contributed by atoms with Crippen LogP contribution in [-0.4, -0.2) is 43.1 Å². The van der Waals surface area contributed by atoms with E-state index in [2.05, 4.69) is 15.4 Å². The fraction of sp³-hybridized carbons (Fsp3) is 0.579. The van der Waals surface area contributed by atoms with E-state index in [1.165, 1.54) is 12.1 Å². The predicted octanol–water partition coefficient (Wildman–Crippen LogP) is 4.34. The molecule has 0 fully saturated rings. The van der Waals surface area contributed by atoms with E-state index in [0.29, 0.717) is 31.0 Å². The summed E-state index contributed by atoms with van der Waals surface area (Å²) in [6.45, 7) is 5.78. The molecule has 0 unspecified atom stereocenters. The number of hydrogen-bond donors (Lipinski definition) is 2. The molecule has 1 heterocycles. The average Bonchev–Trinajstić information content (AvgIpc) is 2.60. The largest absolute Gasteiger partial charge is 0.486 e. The molecule has 2 rings (SSSR count). The molecule has 0 saturated carbocycles. The Morgan fingerprint density at radius 1 is 1.34 bits per heavy atom. The van der Waals surface area contributed by atoms with Crippen molar-refractivity contribution in [2.45, 2.75) is 52.0 Å². The minimum atomic E-state index is -4.69. The molecule has 1 aliphatic rings. The van der Waals surface area contributed by atoms with Gasteiger partial charge in [0.1, 0.15) is 11.9 Å². The molecule has 1 aliphatic heterocycles. The van der Waals surface area contributed by atoms with Crippen LogP contribution < -0.4 is 15.4 Å². The van der Waals surface area contributed by atoms with Gasteiger partial charge in [0.05, 0.1) is 24.8 Å². The zero-order chi connectivity index (χ0) is 21.8. The maximum absolute atomic E-state index is 12.8. The normalized spacial score (nSPS) is 17.3. The minimum Gasteiger partial charge on any atom is -0.486 e. The van der Waals surface area contributed by atoms with Gasteiger partial charge in [-0.15, -0.1) is 0 Å². The highest BCUT2D eigenvalue weighted by Gasteiger charge is 2.51. The molecular weight excluding hydrogens is 393 g/mol. The Hall–Kier alpha value is -2.65. The number of hydrogen-bond acceptors (Lipinski definition) is 6. The molecule has 0 saturated heterocycles. The highest BCUT2D eigenvalue weighted by atomic mass is 19.4. The number of fused-ring (bicyclic) bond motifs is 1. The Balaban J connectivity index is 1.96. The molecular formula is C19H25F3N2O5. The van der Waals surface area contributed by atoms with E-state index in [1.807, 2.05) is 0 Å². The summed E-state index contributed by atoms with van der Waals surface area (Å²) in [4.78, 5) is 23.6. The van der Waals surface area contributed by atoms with Gasteiger partial charge in [-0.2, -0.15) is 13.2 Å². The molecule has 0 aromatic heterocycles. The molecule has 1 aromatic rings. The van der Waals surface area contributed by atoms with Crippen LogP contribution in [0.15, 0.2) is 18.2 Å². The molecule has 0 aliphatic carbocycles. The van der Waals surface area contributed by atoms with Crippen molar-refractivity contribution in [2.75, 3.05) is 23.8 Å². The lowest BCUT2D eigenvalue weighted by molar-refractivity contribution is -0.242. The number of alkyl halides is 3. The first-order valence-electron chi connectivity index (χ1n) is 9.21. The lowest BCUT2D eigenvalue weighted by atomic mass is 10.0. The number of benzene rings is 1. The van der Waals surface area contributed by atoms with Crippen LogP contribution >= 0.6 is 0 Å². The van der Waals surface area contributed by atoms with E-state index in [-0.39, 0.29) is 23.7 Å². The molecule has 7 nitrogen and oxygen atoms in total. The van der Waals surface area contributed by atoms with E-state index >= 15 is 0 Å². The summed E-state index contributed by atoms with van der Waals surface area (Å²) in [5, 5.41) is 5.40. The van der Waals surface area contributed by atoms with Gasteiger partial charge in [0.25, 0.3) is 0 Å². The molecule has 0 bridgehead atoms. The molecule has 29 heavy (non-hydrogen) atoms. The second-order valence-electron chi connectivity index (χ2n) is 7.24. The van der Waals surface area contributed by atoms with Gasteiger partial charge in [0.2, 0.25) is 5.60 Å². The molecule has 2 N–H and O–H groups in total. The van der Waals surface area contributed by atoms with Gasteiger partial charge in [0.15, 0.2) is 0 Å². The second-order valence-corrected chi connectivity index (χ2v) is 7.24. The van der Waals surface area contributed by atoms with Crippen molar-refractivity contribution in [3.8, 4) is 5.75 Å². The minimum absolute atomic E-state index is 0.251. The third kappa shape index (κ3) is 5.91. The van der Waals surface area contributed by atoms with E-state index in [1.54, 1.807) is 19.9 Å². The summed E-state index contributed by atoms with van der Waals surface area (Å²) >= 11 is 0. The fourth-order valence-electron chi connectivity index (χ4n) is 2.63. The quantitative estimate of drug-likeness (QED) is 0.669. The Kier molecular flexibility index (Phi) is 6.86. The van der Waals surface area contributed by atoms with Crippen LogP contribution in [0, 0.1) is 5.92 Å². The van der Waals surface area contributed by atoms with Gasteiger partial charge >= 0.3 is 18.2 Å². The number of amides is 1. The zero-order valence-corrected chi connectivity index (χ0v) is 16.7. The highest BCUT2D eigenvalue weighted by Crippen LogP contribution is 2.35. The number of halogens is 3. The van der Waals surface area contributed by atoms with Crippen LogP contribution in [-0.2, 0) is 14.3 Å². The summed E-state index contributed by atoms with van der Waals surface area (Å²) < 4.78 is 53.8. The maximum Gasteiger partial charge on any atom is 0.427 e. The summed E-state index contributed by atoms with van der Waals surface area (Å²) in [5.74, 6) is -0.107. The van der Waals surface area contributed by atoms with Gasteiger partial charge in [-0.25, -0.2) is 4.79 Å². The first kappa shape index (κ1) is 22.6. The third-order valence-electron chi connectivity index (χ3n) is 4.38. The molecule has 2 atom stereocenters. The van der Waals surface area contributed by atoms with Crippen molar-refractivity contribution in [1.29, 1.82) is 0 Å². The van der Waals surface area contributed by atoms with Crippen molar-refractivity contribution < 1.29 is 37.0 Å². The predicted molar refractivity (Wildman–Crippen MR) is 100.0 cm³/mol. The van der Waals surface area contributed by atoms with Gasteiger partial charge < -0.3 is 19.5 Å². The van der Waals surface area contributed by atoms with Crippen LogP contribution in [0.5, 0.6) is 5.75 Å². The fourth-order valence-corrected chi connectivity index (χ4v) is 2.63. The summed E-state index contributed by atoms with van der Waals surface area (Å²) in [5.41, 5.74) is -1.80. The van der Waals surface area contributed by atoms with Crippen LogP contribution in [0.4, 0.5) is 29.3 Å². The molecule has 0 radical (unpaired) electrons. The number of ether oxygens (including phenoxy) is 3. The number of carbonyl (C=O) groups is 2. The van der Waals surface area contributed by atoms with E-state index in [4.69, 9.17) is 9.47 Å². The standard InChI is InChI=1S/C19H25F3N2O5/c1-5-27-16(25)11(2)8-13-10-23-14-9-12(6-7-15(14)28-13)24-17(26)29-18(3,4)19(20,21)22/h6-7,9,11,13,23H,5,8,10H2,1-4H3,(H,24,26)/t11-,13+/m1/s1. The topological polar surface area (TPSA) is 85.9 Å². The third-order valence-corrected chi connectivity index (χ3v) is 4.38. The number of carbonyl (C=O) groups excluding carboxylic acids is 2. The number of rotatable bonds is 6. The van der Waals surface area contributed by atoms with Gasteiger partial charge in [-0.05, 0) is 45.4 Å². The smallest absolute Gasteiger partial charge is 0.427 e. The van der Waals surface area contributed by atoms with Crippen molar-refractivity contribution in [3.63, 3.8) is 0 Å². The second kappa shape index (κ2) is 8.79. The van der Waals surface area contributed by atoms with Gasteiger partial charge in [-0.1, -0.05) is 6.92 Å². The molecule has 1 aromatic carbocycles. The van der Waals surface area contributed by atoms with Crippen molar-refractivity contribution in [3.05, 3.63) is 18.2 Å². The van der Waals surface area contributed by atoms with Crippen LogP contribution in [0.2, 0.25) is 0 Å². The van der Waals surface area contributed by atoms with Gasteiger partial charge in [-0.3, -0.25) is 10.1 Å². The van der Waals surface area contributed by atoms with E-state index in [0.717, 1.165) is 13.8 Å². The Morgan fingerprint density at radius 2 is 2.03 bits per heavy atom. The Labute approximate surface area is 166 Å². The molecule has 10 heteroatoms.